The topological polar surface area (TPSA) is 55.8 Å². The number of phenolic OH excluding ortho intramolecular Hbond substituents is 1. The van der Waals surface area contributed by atoms with E-state index < -0.39 is 5.97 Å². The third-order valence-corrected chi connectivity index (χ3v) is 4.71. The van der Waals surface area contributed by atoms with Crippen LogP contribution >= 0.6 is 23.2 Å². The van der Waals surface area contributed by atoms with E-state index in [1.165, 1.54) is 13.2 Å². The van der Waals surface area contributed by atoms with Crippen LogP contribution < -0.4 is 4.74 Å². The first-order chi connectivity index (χ1) is 11.7. The molecule has 0 heterocycles. The molecule has 2 aromatic carbocycles. The summed E-state index contributed by atoms with van der Waals surface area (Å²) in [6.07, 6.45) is 0. The lowest BCUT2D eigenvalue weighted by Crippen LogP contribution is -2.05. The molecule has 6 heteroatoms. The monoisotopic (exact) mass is 382 g/mol. The minimum Gasteiger partial charge on any atom is -0.507 e. The van der Waals surface area contributed by atoms with Crippen molar-refractivity contribution in [2.75, 3.05) is 7.11 Å². The quantitative estimate of drug-likeness (QED) is 0.656. The highest BCUT2D eigenvalue weighted by atomic mass is 35.5. The molecule has 0 saturated carbocycles. The Kier molecular flexibility index (Phi) is 5.86. The van der Waals surface area contributed by atoms with Gasteiger partial charge in [-0.3, -0.25) is 0 Å². The minimum absolute atomic E-state index is 0.122. The number of methoxy groups -OCH3 is 1. The van der Waals surface area contributed by atoms with Gasteiger partial charge in [0.1, 0.15) is 11.5 Å². The first-order valence-electron chi connectivity index (χ1n) is 7.75. The van der Waals surface area contributed by atoms with E-state index in [-0.39, 0.29) is 33.0 Å². The van der Waals surface area contributed by atoms with Gasteiger partial charge in [0.15, 0.2) is 5.75 Å². The molecule has 0 saturated heterocycles. The molecule has 2 rings (SSSR count). The van der Waals surface area contributed by atoms with Crippen molar-refractivity contribution in [3.63, 3.8) is 0 Å². The number of benzene rings is 2. The summed E-state index contributed by atoms with van der Waals surface area (Å²) in [6, 6.07) is 4.93. The smallest absolute Gasteiger partial charge is 0.338 e. The zero-order valence-electron chi connectivity index (χ0n) is 14.7. The normalized spacial score (nSPS) is 10.9. The van der Waals surface area contributed by atoms with Gasteiger partial charge in [0, 0.05) is 5.56 Å². The van der Waals surface area contributed by atoms with Crippen molar-refractivity contribution in [3.8, 4) is 17.2 Å². The van der Waals surface area contributed by atoms with E-state index >= 15 is 0 Å². The van der Waals surface area contributed by atoms with Gasteiger partial charge in [-0.1, -0.05) is 37.0 Å². The van der Waals surface area contributed by atoms with Gasteiger partial charge >= 0.3 is 5.97 Å². The highest BCUT2D eigenvalue weighted by Crippen LogP contribution is 2.42. The molecule has 0 unspecified atom stereocenters. The van der Waals surface area contributed by atoms with Crippen LogP contribution in [0.1, 0.15) is 46.8 Å². The minimum atomic E-state index is -0.518. The summed E-state index contributed by atoms with van der Waals surface area (Å²) in [7, 11) is 1.29. The largest absolute Gasteiger partial charge is 0.507 e. The molecule has 1 N–H and O–H groups in total. The van der Waals surface area contributed by atoms with E-state index in [4.69, 9.17) is 32.7 Å². The van der Waals surface area contributed by atoms with Crippen LogP contribution in [0.2, 0.25) is 10.0 Å². The molecular formula is C19H20Cl2O4. The van der Waals surface area contributed by atoms with Crippen LogP contribution in [-0.2, 0) is 4.74 Å². The maximum atomic E-state index is 11.8. The highest BCUT2D eigenvalue weighted by Gasteiger charge is 2.20. The Morgan fingerprint density at radius 2 is 1.80 bits per heavy atom. The number of halogens is 2. The Balaban J connectivity index is 2.52. The van der Waals surface area contributed by atoms with Crippen molar-refractivity contribution in [1.29, 1.82) is 0 Å². The van der Waals surface area contributed by atoms with Crippen molar-refractivity contribution in [1.82, 2.24) is 0 Å². The molecular weight excluding hydrogens is 363 g/mol. The Morgan fingerprint density at radius 3 is 2.36 bits per heavy atom. The fourth-order valence-electron chi connectivity index (χ4n) is 2.50. The lowest BCUT2D eigenvalue weighted by atomic mass is 9.99. The molecule has 0 radical (unpaired) electrons. The number of aryl methyl sites for hydroxylation is 1. The Hall–Kier alpha value is -1.91. The van der Waals surface area contributed by atoms with Crippen molar-refractivity contribution >= 4 is 29.2 Å². The number of esters is 1. The molecule has 0 bridgehead atoms. The number of phenols is 1. The Morgan fingerprint density at radius 1 is 1.16 bits per heavy atom. The van der Waals surface area contributed by atoms with E-state index in [0.717, 1.165) is 5.56 Å². The second-order valence-electron chi connectivity index (χ2n) is 6.10. The summed E-state index contributed by atoms with van der Waals surface area (Å²) in [4.78, 5) is 11.8. The van der Waals surface area contributed by atoms with Crippen LogP contribution in [0.25, 0.3) is 0 Å². The summed E-state index contributed by atoms with van der Waals surface area (Å²) in [5.41, 5.74) is 2.27. The van der Waals surface area contributed by atoms with Crippen molar-refractivity contribution in [3.05, 3.63) is 50.5 Å². The van der Waals surface area contributed by atoms with Gasteiger partial charge in [0.05, 0.1) is 22.7 Å². The molecule has 0 amide bonds. The fourth-order valence-corrected chi connectivity index (χ4v) is 3.03. The summed E-state index contributed by atoms with van der Waals surface area (Å²) in [6.45, 7) is 7.45. The summed E-state index contributed by atoms with van der Waals surface area (Å²) in [5, 5.41) is 10.6. The van der Waals surface area contributed by atoms with Gasteiger partial charge in [-0.15, -0.1) is 0 Å². The molecule has 134 valence electrons. The standard InChI is InChI=1S/C19H20Cl2O4/c1-9(2)13-7-12(6-10(3)17(13)22)25-18-15(20)8-14(19(23)24-5)11(4)16(18)21/h6-9,22H,1-5H3. The lowest BCUT2D eigenvalue weighted by molar-refractivity contribution is 0.0600. The van der Waals surface area contributed by atoms with Gasteiger partial charge in [0.25, 0.3) is 0 Å². The molecule has 0 aliphatic rings. The average molecular weight is 383 g/mol. The molecule has 0 atom stereocenters. The molecule has 0 aromatic heterocycles. The number of carbonyl (C=O) groups is 1. The molecule has 2 aromatic rings. The molecule has 4 nitrogen and oxygen atoms in total. The predicted molar refractivity (Wildman–Crippen MR) is 99.5 cm³/mol. The first kappa shape index (κ1) is 19.4. The van der Waals surface area contributed by atoms with Gasteiger partial charge < -0.3 is 14.6 Å². The van der Waals surface area contributed by atoms with Crippen molar-refractivity contribution in [2.24, 2.45) is 0 Å². The number of carbonyl (C=O) groups excluding carboxylic acids is 1. The van der Waals surface area contributed by atoms with Gasteiger partial charge in [-0.2, -0.15) is 0 Å². The number of ether oxygens (including phenoxy) is 2. The zero-order valence-corrected chi connectivity index (χ0v) is 16.2. The van der Waals surface area contributed by atoms with E-state index in [1.54, 1.807) is 26.0 Å². The number of hydrogen-bond acceptors (Lipinski definition) is 4. The maximum absolute atomic E-state index is 11.8. The summed E-state index contributed by atoms with van der Waals surface area (Å²) >= 11 is 12.6. The summed E-state index contributed by atoms with van der Waals surface area (Å²) < 4.78 is 10.6. The second-order valence-corrected chi connectivity index (χ2v) is 6.89. The summed E-state index contributed by atoms with van der Waals surface area (Å²) in [5.74, 6) is 0.616. The van der Waals surface area contributed by atoms with E-state index in [9.17, 15) is 9.90 Å². The van der Waals surface area contributed by atoms with Gasteiger partial charge in [0.2, 0.25) is 0 Å². The number of hydrogen-bond donors (Lipinski definition) is 1. The number of aromatic hydroxyl groups is 1. The molecule has 0 aliphatic carbocycles. The van der Waals surface area contributed by atoms with Gasteiger partial charge in [-0.05, 0) is 49.1 Å². The third-order valence-electron chi connectivity index (χ3n) is 3.97. The van der Waals surface area contributed by atoms with Crippen LogP contribution in [0.4, 0.5) is 0 Å². The second kappa shape index (κ2) is 7.54. The SMILES string of the molecule is COC(=O)c1cc(Cl)c(Oc2cc(C)c(O)c(C(C)C)c2)c(Cl)c1C. The fraction of sp³-hybridized carbons (Fsp3) is 0.316. The Labute approximate surface area is 157 Å². The van der Waals surface area contributed by atoms with Crippen molar-refractivity contribution in [2.45, 2.75) is 33.6 Å². The first-order valence-corrected chi connectivity index (χ1v) is 8.51. The van der Waals surface area contributed by atoms with Crippen LogP contribution in [0.5, 0.6) is 17.2 Å². The van der Waals surface area contributed by atoms with Gasteiger partial charge in [-0.25, -0.2) is 4.79 Å². The highest BCUT2D eigenvalue weighted by molar-refractivity contribution is 6.38. The van der Waals surface area contributed by atoms with Crippen LogP contribution in [-0.4, -0.2) is 18.2 Å². The van der Waals surface area contributed by atoms with E-state index in [0.29, 0.717) is 16.9 Å². The number of rotatable bonds is 4. The maximum Gasteiger partial charge on any atom is 0.338 e. The Bertz CT molecular complexity index is 829. The van der Waals surface area contributed by atoms with E-state index in [2.05, 4.69) is 0 Å². The van der Waals surface area contributed by atoms with Crippen molar-refractivity contribution < 1.29 is 19.4 Å². The third kappa shape index (κ3) is 3.86. The van der Waals surface area contributed by atoms with E-state index in [1.807, 2.05) is 13.8 Å². The van der Waals surface area contributed by atoms with Crippen LogP contribution in [0.15, 0.2) is 18.2 Å². The molecule has 25 heavy (non-hydrogen) atoms. The zero-order chi connectivity index (χ0) is 18.9. The van der Waals surface area contributed by atoms with Crippen LogP contribution in [0, 0.1) is 13.8 Å². The lowest BCUT2D eigenvalue weighted by Gasteiger charge is -2.17. The molecule has 0 fully saturated rings. The average Bonchev–Trinajstić information content (AvgIpc) is 2.56. The molecule has 0 aliphatic heterocycles. The molecule has 0 spiro atoms. The predicted octanol–water partition coefficient (Wildman–Crippen LogP) is 6.02. The van der Waals surface area contributed by atoms with Crippen LogP contribution in [0.3, 0.4) is 0 Å².